The van der Waals surface area contributed by atoms with Crippen molar-refractivity contribution in [3.05, 3.63) is 138 Å². The van der Waals surface area contributed by atoms with E-state index in [1.54, 1.807) is 0 Å². The second-order valence-corrected chi connectivity index (χ2v) is 6.47. The maximum atomic E-state index is 5.95. The molecule has 0 radical (unpaired) electrons. The molecule has 0 bridgehead atoms. The topological polar surface area (TPSA) is 60.0 Å². The second-order valence-electron chi connectivity index (χ2n) is 6.47. The predicted molar refractivity (Wildman–Crippen MR) is 120 cm³/mol. The van der Waals surface area contributed by atoms with Crippen molar-refractivity contribution in [1.29, 1.82) is 0 Å². The van der Waals surface area contributed by atoms with Crippen molar-refractivity contribution in [3.8, 4) is 0 Å². The van der Waals surface area contributed by atoms with Crippen molar-refractivity contribution < 1.29 is 11.0 Å². The first-order valence-corrected chi connectivity index (χ1v) is 9.09. The fraction of sp³-hybridized carbons (Fsp3) is 0. The van der Waals surface area contributed by atoms with Crippen LogP contribution in [0.2, 0.25) is 0 Å². The minimum Gasteiger partial charge on any atom is -0.870 e. The van der Waals surface area contributed by atoms with Crippen LogP contribution in [-0.2, 0) is 0 Å². The van der Waals surface area contributed by atoms with E-state index in [1.807, 2.05) is 12.1 Å². The Morgan fingerprint density at radius 3 is 0.966 bits per heavy atom. The summed E-state index contributed by atoms with van der Waals surface area (Å²) < 4.78 is 0. The van der Waals surface area contributed by atoms with Gasteiger partial charge in [0.15, 0.2) is 0 Å². The standard InChI is InChI=1S/C26H19B.2H2O/c27-24-18-16-23(17-19-24)26(22-14-8-3-9-15-22)25(20-10-4-1-5-11-20)21-12-6-2-7-13-21;;/h1-19H;2*1H2/q+2;;/p-2. The molecule has 0 aliphatic heterocycles. The van der Waals surface area contributed by atoms with E-state index < -0.39 is 0 Å². The molecule has 2 nitrogen and oxygen atoms in total. The van der Waals surface area contributed by atoms with Gasteiger partial charge in [0, 0.05) is 0 Å². The van der Waals surface area contributed by atoms with Crippen LogP contribution in [0.4, 0.5) is 0 Å². The minimum absolute atomic E-state index is 0. The van der Waals surface area contributed by atoms with E-state index in [0.717, 1.165) is 11.0 Å². The van der Waals surface area contributed by atoms with Gasteiger partial charge in [-0.15, -0.1) is 0 Å². The fourth-order valence-corrected chi connectivity index (χ4v) is 3.37. The number of rotatable bonds is 4. The van der Waals surface area contributed by atoms with Crippen LogP contribution in [0.15, 0.2) is 115 Å². The van der Waals surface area contributed by atoms with Gasteiger partial charge in [-0.3, -0.25) is 0 Å². The Balaban J connectivity index is 0.00000150. The number of benzene rings is 4. The van der Waals surface area contributed by atoms with Crippen molar-refractivity contribution in [2.45, 2.75) is 0 Å². The van der Waals surface area contributed by atoms with E-state index in [4.69, 9.17) is 7.85 Å². The molecular formula is C26H21BO2. The molecule has 0 saturated heterocycles. The van der Waals surface area contributed by atoms with E-state index in [0.29, 0.717) is 0 Å². The third-order valence-corrected chi connectivity index (χ3v) is 4.64. The monoisotopic (exact) mass is 376 g/mol. The van der Waals surface area contributed by atoms with Gasteiger partial charge in [0.2, 0.25) is 0 Å². The van der Waals surface area contributed by atoms with Gasteiger partial charge in [0.05, 0.1) is 0 Å². The fourth-order valence-electron chi connectivity index (χ4n) is 3.37. The van der Waals surface area contributed by atoms with Gasteiger partial charge >= 0.3 is 162 Å². The minimum atomic E-state index is 0. The average molecular weight is 376 g/mol. The molecule has 0 spiro atoms. The van der Waals surface area contributed by atoms with Gasteiger partial charge in [0.25, 0.3) is 0 Å². The summed E-state index contributed by atoms with van der Waals surface area (Å²) in [6, 6.07) is 39.8. The molecule has 0 aliphatic carbocycles. The van der Waals surface area contributed by atoms with E-state index in [2.05, 4.69) is 103 Å². The molecule has 4 aromatic carbocycles. The summed E-state index contributed by atoms with van der Waals surface area (Å²) in [7, 11) is 5.95. The van der Waals surface area contributed by atoms with E-state index >= 15 is 0 Å². The van der Waals surface area contributed by atoms with Crippen LogP contribution in [0.25, 0.3) is 11.1 Å². The SMILES string of the molecule is [B+2]c1ccc(C(=C(c2ccccc2)c2ccccc2)c2ccccc2)cc1.[OH-].[OH-]. The molecule has 29 heavy (non-hydrogen) atoms. The zero-order valence-electron chi connectivity index (χ0n) is 15.9. The number of hydrogen-bond donors (Lipinski definition) is 0. The van der Waals surface area contributed by atoms with Gasteiger partial charge in [-0.25, -0.2) is 0 Å². The first-order valence-electron chi connectivity index (χ1n) is 9.09. The molecule has 0 aromatic heterocycles. The Hall–Kier alpha value is -3.40. The Morgan fingerprint density at radius 2 is 0.655 bits per heavy atom. The van der Waals surface area contributed by atoms with Crippen molar-refractivity contribution in [1.82, 2.24) is 0 Å². The van der Waals surface area contributed by atoms with E-state index in [-0.39, 0.29) is 11.0 Å². The Bertz CT molecular complexity index is 1000. The Morgan fingerprint density at radius 1 is 0.379 bits per heavy atom. The molecule has 3 heteroatoms. The quantitative estimate of drug-likeness (QED) is 0.366. The smallest absolute Gasteiger partial charge is 0.870 e. The van der Waals surface area contributed by atoms with Gasteiger partial charge in [-0.2, -0.15) is 0 Å². The normalized spacial score (nSPS) is 9.72. The summed E-state index contributed by atoms with van der Waals surface area (Å²) in [5, 5.41) is 0. The Kier molecular flexibility index (Phi) is 7.73. The van der Waals surface area contributed by atoms with Crippen molar-refractivity contribution in [2.24, 2.45) is 0 Å². The molecule has 0 amide bonds. The predicted octanol–water partition coefficient (Wildman–Crippen LogP) is 5.13. The molecule has 0 unspecified atom stereocenters. The van der Waals surface area contributed by atoms with Gasteiger partial charge < -0.3 is 11.0 Å². The van der Waals surface area contributed by atoms with Crippen LogP contribution in [0.3, 0.4) is 0 Å². The summed E-state index contributed by atoms with van der Waals surface area (Å²) in [5.74, 6) is 0. The molecule has 0 fully saturated rings. The first-order chi connectivity index (χ1) is 13.3. The van der Waals surface area contributed by atoms with Gasteiger partial charge in [-0.1, -0.05) is 0 Å². The molecule has 4 rings (SSSR count). The molecular weight excluding hydrogens is 355 g/mol. The van der Waals surface area contributed by atoms with Crippen LogP contribution in [-0.4, -0.2) is 18.8 Å². The van der Waals surface area contributed by atoms with Gasteiger partial charge in [-0.05, 0) is 0 Å². The third-order valence-electron chi connectivity index (χ3n) is 4.64. The molecule has 2 N–H and O–H groups in total. The third kappa shape index (κ3) is 4.91. The maximum absolute atomic E-state index is 5.95. The van der Waals surface area contributed by atoms with Crippen LogP contribution in [0.5, 0.6) is 0 Å². The van der Waals surface area contributed by atoms with E-state index in [9.17, 15) is 0 Å². The van der Waals surface area contributed by atoms with E-state index in [1.165, 1.54) is 27.8 Å². The average Bonchev–Trinajstić information content (AvgIpc) is 2.75. The van der Waals surface area contributed by atoms with Crippen LogP contribution >= 0.6 is 0 Å². The van der Waals surface area contributed by atoms with Gasteiger partial charge in [0.1, 0.15) is 0 Å². The summed E-state index contributed by atoms with van der Waals surface area (Å²) >= 11 is 0. The Labute approximate surface area is 173 Å². The molecule has 0 aliphatic rings. The summed E-state index contributed by atoms with van der Waals surface area (Å²) in [4.78, 5) is 0. The zero-order chi connectivity index (χ0) is 18.5. The first kappa shape index (κ1) is 21.9. The second kappa shape index (κ2) is 10.2. The molecule has 140 valence electrons. The van der Waals surface area contributed by atoms with Crippen molar-refractivity contribution in [3.63, 3.8) is 0 Å². The van der Waals surface area contributed by atoms with Crippen molar-refractivity contribution in [2.75, 3.05) is 0 Å². The molecule has 0 atom stereocenters. The largest absolute Gasteiger partial charge is 0.870 e. The van der Waals surface area contributed by atoms with Crippen LogP contribution < -0.4 is 5.46 Å². The molecule has 4 aromatic rings. The maximum Gasteiger partial charge on any atom is -0.870 e. The summed E-state index contributed by atoms with van der Waals surface area (Å²) in [5.41, 5.74) is 7.91. The zero-order valence-corrected chi connectivity index (χ0v) is 15.9. The number of hydrogen-bond acceptors (Lipinski definition) is 2. The van der Waals surface area contributed by atoms with Crippen LogP contribution in [0, 0.1) is 0 Å². The van der Waals surface area contributed by atoms with Crippen LogP contribution in [0.1, 0.15) is 22.3 Å². The van der Waals surface area contributed by atoms with Crippen molar-refractivity contribution >= 4 is 24.5 Å². The molecule has 0 heterocycles. The molecule has 0 saturated carbocycles. The summed E-state index contributed by atoms with van der Waals surface area (Å²) in [6.07, 6.45) is 0. The summed E-state index contributed by atoms with van der Waals surface area (Å²) in [6.45, 7) is 0.